The first-order valence-electron chi connectivity index (χ1n) is 9.21. The minimum absolute atomic E-state index is 0.0455. The zero-order valence-corrected chi connectivity index (χ0v) is 19.6. The van der Waals surface area contributed by atoms with Crippen molar-refractivity contribution in [2.24, 2.45) is 0 Å². The van der Waals surface area contributed by atoms with Crippen LogP contribution < -0.4 is 0 Å². The van der Waals surface area contributed by atoms with Crippen LogP contribution in [0.4, 0.5) is 26.3 Å². The van der Waals surface area contributed by atoms with Crippen molar-refractivity contribution in [2.45, 2.75) is 18.9 Å². The summed E-state index contributed by atoms with van der Waals surface area (Å²) in [7, 11) is 1.28. The summed E-state index contributed by atoms with van der Waals surface area (Å²) in [5.41, 5.74) is -2.12. The summed E-state index contributed by atoms with van der Waals surface area (Å²) in [5, 5.41) is 0.365. The summed E-state index contributed by atoms with van der Waals surface area (Å²) in [6, 6.07) is 9.60. The Balaban J connectivity index is 1.99. The van der Waals surface area contributed by atoms with Gasteiger partial charge >= 0.3 is 12.4 Å². The Kier molecular flexibility index (Phi) is 7.27. The molecule has 0 spiro atoms. The lowest BCUT2D eigenvalue weighted by atomic mass is 10.0. The molecule has 33 heavy (non-hydrogen) atoms. The molecule has 0 atom stereocenters. The van der Waals surface area contributed by atoms with Crippen LogP contribution in [-0.4, -0.2) is 22.8 Å². The molecule has 0 N–H and O–H groups in total. The number of benzene rings is 2. The van der Waals surface area contributed by atoms with Crippen molar-refractivity contribution in [1.82, 2.24) is 9.88 Å². The van der Waals surface area contributed by atoms with E-state index in [1.54, 1.807) is 30.3 Å². The molecule has 0 saturated carbocycles. The van der Waals surface area contributed by atoms with E-state index >= 15 is 0 Å². The molecule has 3 nitrogen and oxygen atoms in total. The molecule has 1 aromatic heterocycles. The maximum Gasteiger partial charge on any atom is 0.416 e. The summed E-state index contributed by atoms with van der Waals surface area (Å²) in [6.45, 7) is -0.486. The molecule has 0 bridgehead atoms. The van der Waals surface area contributed by atoms with Gasteiger partial charge in [0, 0.05) is 35.9 Å². The number of carbonyl (C=O) groups is 1. The van der Waals surface area contributed by atoms with E-state index in [1.165, 1.54) is 13.2 Å². The Bertz CT molecular complexity index is 1160. The van der Waals surface area contributed by atoms with Crippen molar-refractivity contribution < 1.29 is 31.1 Å². The van der Waals surface area contributed by atoms with Gasteiger partial charge in [0.2, 0.25) is 0 Å². The van der Waals surface area contributed by atoms with Crippen LogP contribution in [0, 0.1) is 3.70 Å². The largest absolute Gasteiger partial charge is 0.416 e. The third-order valence-corrected chi connectivity index (χ3v) is 5.60. The average Bonchev–Trinajstić information content (AvgIpc) is 2.72. The average molecular weight is 599 g/mol. The van der Waals surface area contributed by atoms with E-state index < -0.39 is 35.9 Å². The molecule has 0 unspecified atom stereocenters. The molecule has 0 aliphatic rings. The van der Waals surface area contributed by atoms with Crippen molar-refractivity contribution in [1.29, 1.82) is 0 Å². The lowest BCUT2D eigenvalue weighted by Gasteiger charge is -2.21. The number of rotatable bonds is 4. The SMILES string of the molecule is CN(Cc1cc(C(F)(F)F)cc(C(F)(F)F)c1)C(=O)c1cnc(I)cc1-c1ccccc1Cl. The topological polar surface area (TPSA) is 33.2 Å². The van der Waals surface area contributed by atoms with Gasteiger partial charge in [-0.05, 0) is 58.5 Å². The first-order chi connectivity index (χ1) is 15.3. The second-order valence-electron chi connectivity index (χ2n) is 7.11. The molecule has 0 saturated heterocycles. The van der Waals surface area contributed by atoms with Crippen LogP contribution in [0.3, 0.4) is 0 Å². The molecular formula is C22H14ClF6IN2O. The molecule has 0 aliphatic heterocycles. The fourth-order valence-corrected chi connectivity index (χ4v) is 3.85. The van der Waals surface area contributed by atoms with Crippen LogP contribution >= 0.6 is 34.2 Å². The molecule has 3 rings (SSSR count). The Labute approximate surface area is 203 Å². The van der Waals surface area contributed by atoms with Crippen molar-refractivity contribution in [3.63, 3.8) is 0 Å². The van der Waals surface area contributed by atoms with E-state index in [0.29, 0.717) is 32.0 Å². The van der Waals surface area contributed by atoms with E-state index in [0.717, 1.165) is 4.90 Å². The molecule has 1 heterocycles. The quantitative estimate of drug-likeness (QED) is 0.179. The fourth-order valence-electron chi connectivity index (χ4n) is 3.16. The molecule has 0 fully saturated rings. The normalized spacial score (nSPS) is 12.0. The smallest absolute Gasteiger partial charge is 0.337 e. The summed E-state index contributed by atoms with van der Waals surface area (Å²) < 4.78 is 79.4. The standard InChI is InChI=1S/C22H14ClF6IN2O/c1-32(11-12-6-13(21(24,25)26)8-14(7-12)22(27,28)29)20(33)17-10-31-19(30)9-16(17)15-4-2-3-5-18(15)23/h2-10H,11H2,1H3. The molecule has 11 heteroatoms. The van der Waals surface area contributed by atoms with Crippen molar-refractivity contribution >= 4 is 40.1 Å². The minimum atomic E-state index is -4.98. The van der Waals surface area contributed by atoms with Crippen LogP contribution in [0.1, 0.15) is 27.0 Å². The number of alkyl halides is 6. The van der Waals surface area contributed by atoms with Crippen molar-refractivity contribution in [3.8, 4) is 11.1 Å². The van der Waals surface area contributed by atoms with Crippen molar-refractivity contribution in [2.75, 3.05) is 7.05 Å². The fraction of sp³-hybridized carbons (Fsp3) is 0.182. The minimum Gasteiger partial charge on any atom is -0.337 e. The summed E-state index contributed by atoms with van der Waals surface area (Å²) >= 11 is 8.21. The number of amides is 1. The van der Waals surface area contributed by atoms with Gasteiger partial charge in [-0.1, -0.05) is 29.8 Å². The van der Waals surface area contributed by atoms with Gasteiger partial charge in [-0.15, -0.1) is 0 Å². The number of pyridine rings is 1. The van der Waals surface area contributed by atoms with Crippen LogP contribution in [-0.2, 0) is 18.9 Å². The molecule has 174 valence electrons. The first kappa shape index (κ1) is 25.3. The molecule has 0 radical (unpaired) electrons. The second-order valence-corrected chi connectivity index (χ2v) is 8.62. The van der Waals surface area contributed by atoms with Crippen LogP contribution in [0.2, 0.25) is 5.02 Å². The molecule has 1 amide bonds. The van der Waals surface area contributed by atoms with E-state index in [2.05, 4.69) is 4.98 Å². The van der Waals surface area contributed by atoms with Crippen molar-refractivity contribution in [3.05, 3.63) is 85.7 Å². The van der Waals surface area contributed by atoms with Gasteiger partial charge in [0.15, 0.2) is 0 Å². The zero-order valence-electron chi connectivity index (χ0n) is 16.7. The number of hydrogen-bond donors (Lipinski definition) is 0. The maximum absolute atomic E-state index is 13.1. The van der Waals surface area contributed by atoms with Crippen LogP contribution in [0.25, 0.3) is 11.1 Å². The van der Waals surface area contributed by atoms with Crippen LogP contribution in [0.15, 0.2) is 54.7 Å². The zero-order chi connectivity index (χ0) is 24.6. The Hall–Kier alpha value is -2.34. The predicted octanol–water partition coefficient (Wildman–Crippen LogP) is 7.32. The van der Waals surface area contributed by atoms with E-state index in [9.17, 15) is 31.1 Å². The van der Waals surface area contributed by atoms with Gasteiger partial charge in [-0.2, -0.15) is 26.3 Å². The van der Waals surface area contributed by atoms with E-state index in [-0.39, 0.29) is 17.2 Å². The Morgan fingerprint density at radius 3 is 2.09 bits per heavy atom. The Morgan fingerprint density at radius 1 is 0.970 bits per heavy atom. The molecule has 3 aromatic rings. The van der Waals surface area contributed by atoms with Gasteiger partial charge in [0.05, 0.1) is 16.7 Å². The highest BCUT2D eigenvalue weighted by Gasteiger charge is 2.37. The third kappa shape index (κ3) is 5.97. The first-order valence-corrected chi connectivity index (χ1v) is 10.7. The summed E-state index contributed by atoms with van der Waals surface area (Å²) in [6.07, 6.45) is -8.65. The van der Waals surface area contributed by atoms with Gasteiger partial charge < -0.3 is 4.90 Å². The predicted molar refractivity (Wildman–Crippen MR) is 120 cm³/mol. The van der Waals surface area contributed by atoms with Gasteiger partial charge in [-0.25, -0.2) is 4.98 Å². The van der Waals surface area contributed by atoms with Gasteiger partial charge in [0.1, 0.15) is 3.70 Å². The number of hydrogen-bond acceptors (Lipinski definition) is 2. The number of carbonyl (C=O) groups excluding carboxylic acids is 1. The monoisotopic (exact) mass is 598 g/mol. The lowest BCUT2D eigenvalue weighted by molar-refractivity contribution is -0.143. The van der Waals surface area contributed by atoms with Crippen LogP contribution in [0.5, 0.6) is 0 Å². The number of nitrogens with zero attached hydrogens (tertiary/aromatic N) is 2. The maximum atomic E-state index is 13.1. The lowest BCUT2D eigenvalue weighted by Crippen LogP contribution is -2.27. The Morgan fingerprint density at radius 2 is 1.55 bits per heavy atom. The van der Waals surface area contributed by atoms with E-state index in [4.69, 9.17) is 11.6 Å². The molecular weight excluding hydrogens is 585 g/mol. The third-order valence-electron chi connectivity index (χ3n) is 4.68. The number of halogens is 8. The van der Waals surface area contributed by atoms with Gasteiger partial charge in [0.25, 0.3) is 5.91 Å². The second kappa shape index (κ2) is 9.49. The summed E-state index contributed by atoms with van der Waals surface area (Å²) in [5.74, 6) is -0.639. The van der Waals surface area contributed by atoms with Gasteiger partial charge in [-0.3, -0.25) is 4.79 Å². The molecule has 2 aromatic carbocycles. The highest BCUT2D eigenvalue weighted by atomic mass is 127. The summed E-state index contributed by atoms with van der Waals surface area (Å²) in [4.78, 5) is 18.2. The highest BCUT2D eigenvalue weighted by Crippen LogP contribution is 2.37. The molecule has 0 aliphatic carbocycles. The highest BCUT2D eigenvalue weighted by molar-refractivity contribution is 14.1. The van der Waals surface area contributed by atoms with E-state index in [1.807, 2.05) is 22.6 Å². The number of aromatic nitrogens is 1.